The third-order valence-electron chi connectivity index (χ3n) is 5.27. The standard InChI is InChI=1S/C20H39NO8/c1-3-5-6-7-8-9-10-14(23)13(21-16(24)4-2)12-28-20-19(27)18(26)17(25)15(11-22)29-20/h13-15,17-20,22-23,25-27H,3-12H2,1-2H3,(H,21,24). The van der Waals surface area contributed by atoms with Crippen molar-refractivity contribution in [2.24, 2.45) is 0 Å². The molecule has 0 aromatic heterocycles. The number of rotatable bonds is 14. The molecule has 7 unspecified atom stereocenters. The molecule has 0 aromatic rings. The Kier molecular flexibility index (Phi) is 12.9. The van der Waals surface area contributed by atoms with Crippen LogP contribution in [-0.4, -0.2) is 87.5 Å². The minimum absolute atomic E-state index is 0.147. The minimum Gasteiger partial charge on any atom is -0.394 e. The van der Waals surface area contributed by atoms with Gasteiger partial charge in [-0.1, -0.05) is 52.4 Å². The highest BCUT2D eigenvalue weighted by molar-refractivity contribution is 5.75. The fourth-order valence-electron chi connectivity index (χ4n) is 3.30. The summed E-state index contributed by atoms with van der Waals surface area (Å²) < 4.78 is 10.8. The van der Waals surface area contributed by atoms with Gasteiger partial charge in [0.1, 0.15) is 24.4 Å². The number of carbonyl (C=O) groups excluding carboxylic acids is 1. The molecule has 29 heavy (non-hydrogen) atoms. The van der Waals surface area contributed by atoms with E-state index in [0.717, 1.165) is 19.3 Å². The smallest absolute Gasteiger partial charge is 0.220 e. The van der Waals surface area contributed by atoms with Crippen molar-refractivity contribution in [3.8, 4) is 0 Å². The van der Waals surface area contributed by atoms with E-state index in [1.165, 1.54) is 19.3 Å². The van der Waals surface area contributed by atoms with Crippen LogP contribution >= 0.6 is 0 Å². The van der Waals surface area contributed by atoms with Crippen LogP contribution in [0.2, 0.25) is 0 Å². The summed E-state index contributed by atoms with van der Waals surface area (Å²) in [4.78, 5) is 11.8. The summed E-state index contributed by atoms with van der Waals surface area (Å²) in [6, 6.07) is -0.703. The Morgan fingerprint density at radius 3 is 2.31 bits per heavy atom. The molecule has 1 aliphatic heterocycles. The monoisotopic (exact) mass is 421 g/mol. The Bertz CT molecular complexity index is 450. The number of aliphatic hydroxyl groups is 5. The van der Waals surface area contributed by atoms with E-state index in [-0.39, 0.29) is 18.9 Å². The Labute approximate surface area is 173 Å². The predicted molar refractivity (Wildman–Crippen MR) is 106 cm³/mol. The third-order valence-corrected chi connectivity index (χ3v) is 5.27. The second kappa shape index (κ2) is 14.2. The van der Waals surface area contributed by atoms with Crippen LogP contribution in [0.4, 0.5) is 0 Å². The van der Waals surface area contributed by atoms with Crippen molar-refractivity contribution in [3.05, 3.63) is 0 Å². The van der Waals surface area contributed by atoms with E-state index >= 15 is 0 Å². The van der Waals surface area contributed by atoms with Gasteiger partial charge in [0.25, 0.3) is 0 Å². The largest absolute Gasteiger partial charge is 0.394 e. The number of nitrogens with one attached hydrogen (secondary N) is 1. The average Bonchev–Trinajstić information content (AvgIpc) is 2.72. The maximum absolute atomic E-state index is 11.8. The molecule has 0 aliphatic carbocycles. The second-order valence-electron chi connectivity index (χ2n) is 7.68. The summed E-state index contributed by atoms with van der Waals surface area (Å²) in [6.07, 6.45) is -0.520. The first kappa shape index (κ1) is 26.2. The number of hydrogen-bond donors (Lipinski definition) is 6. The van der Waals surface area contributed by atoms with Gasteiger partial charge in [-0.2, -0.15) is 0 Å². The van der Waals surface area contributed by atoms with Gasteiger partial charge in [0.15, 0.2) is 6.29 Å². The van der Waals surface area contributed by atoms with Crippen molar-refractivity contribution >= 4 is 5.91 Å². The summed E-state index contributed by atoms with van der Waals surface area (Å²) in [5.41, 5.74) is 0. The molecule has 0 radical (unpaired) electrons. The Hall–Kier alpha value is -0.810. The fourth-order valence-corrected chi connectivity index (χ4v) is 3.30. The van der Waals surface area contributed by atoms with E-state index in [2.05, 4.69) is 12.2 Å². The maximum Gasteiger partial charge on any atom is 0.220 e. The maximum atomic E-state index is 11.8. The van der Waals surface area contributed by atoms with Crippen LogP contribution in [0.15, 0.2) is 0 Å². The molecule has 0 spiro atoms. The van der Waals surface area contributed by atoms with E-state index in [9.17, 15) is 30.3 Å². The number of amides is 1. The summed E-state index contributed by atoms with van der Waals surface area (Å²) in [5, 5.41) is 52.2. The Morgan fingerprint density at radius 1 is 1.03 bits per heavy atom. The summed E-state index contributed by atoms with van der Waals surface area (Å²) in [6.45, 7) is 3.15. The van der Waals surface area contributed by atoms with E-state index in [1.807, 2.05) is 0 Å². The highest BCUT2D eigenvalue weighted by Crippen LogP contribution is 2.22. The van der Waals surface area contributed by atoms with Crippen molar-refractivity contribution in [1.82, 2.24) is 5.32 Å². The van der Waals surface area contributed by atoms with Gasteiger partial charge in [-0.15, -0.1) is 0 Å². The molecule has 1 fully saturated rings. The van der Waals surface area contributed by atoms with E-state index in [1.54, 1.807) is 6.92 Å². The zero-order valence-electron chi connectivity index (χ0n) is 17.6. The van der Waals surface area contributed by atoms with Gasteiger partial charge in [0, 0.05) is 6.42 Å². The SMILES string of the molecule is CCCCCCCCC(O)C(COC1OC(CO)C(O)C(O)C1O)NC(=O)CC. The molecule has 7 atom stereocenters. The first-order valence-electron chi connectivity index (χ1n) is 10.7. The van der Waals surface area contributed by atoms with Crippen LogP contribution in [0.1, 0.15) is 65.2 Å². The number of carbonyl (C=O) groups is 1. The van der Waals surface area contributed by atoms with Crippen molar-refractivity contribution < 1.29 is 39.8 Å². The number of aliphatic hydroxyl groups excluding tert-OH is 5. The van der Waals surface area contributed by atoms with Crippen molar-refractivity contribution in [2.75, 3.05) is 13.2 Å². The molecule has 172 valence electrons. The molecule has 0 bridgehead atoms. The van der Waals surface area contributed by atoms with E-state index in [4.69, 9.17) is 9.47 Å². The number of ether oxygens (including phenoxy) is 2. The van der Waals surface area contributed by atoms with Gasteiger partial charge in [-0.25, -0.2) is 0 Å². The zero-order chi connectivity index (χ0) is 21.8. The molecule has 1 heterocycles. The van der Waals surface area contributed by atoms with Gasteiger partial charge in [-0.05, 0) is 6.42 Å². The van der Waals surface area contributed by atoms with Gasteiger partial charge < -0.3 is 40.3 Å². The van der Waals surface area contributed by atoms with Gasteiger partial charge in [0.05, 0.1) is 25.4 Å². The topological polar surface area (TPSA) is 149 Å². The second-order valence-corrected chi connectivity index (χ2v) is 7.68. The summed E-state index contributed by atoms with van der Waals surface area (Å²) in [5.74, 6) is -0.241. The zero-order valence-corrected chi connectivity index (χ0v) is 17.6. The first-order valence-corrected chi connectivity index (χ1v) is 10.7. The molecule has 1 rings (SSSR count). The van der Waals surface area contributed by atoms with Crippen LogP contribution in [0.25, 0.3) is 0 Å². The lowest BCUT2D eigenvalue weighted by Crippen LogP contribution is -2.60. The summed E-state index contributed by atoms with van der Waals surface area (Å²) >= 11 is 0. The van der Waals surface area contributed by atoms with Crippen LogP contribution in [0, 0.1) is 0 Å². The normalized spacial score (nSPS) is 29.4. The molecule has 1 saturated heterocycles. The molecular weight excluding hydrogens is 382 g/mol. The van der Waals surface area contributed by atoms with Crippen molar-refractivity contribution in [1.29, 1.82) is 0 Å². The molecule has 9 heteroatoms. The van der Waals surface area contributed by atoms with Gasteiger partial charge in [-0.3, -0.25) is 4.79 Å². The van der Waals surface area contributed by atoms with E-state index < -0.39 is 49.5 Å². The molecule has 9 nitrogen and oxygen atoms in total. The van der Waals surface area contributed by atoms with Crippen LogP contribution in [-0.2, 0) is 14.3 Å². The van der Waals surface area contributed by atoms with E-state index in [0.29, 0.717) is 6.42 Å². The summed E-state index contributed by atoms with van der Waals surface area (Å²) in [7, 11) is 0. The third kappa shape index (κ3) is 8.84. The van der Waals surface area contributed by atoms with Crippen LogP contribution in [0.3, 0.4) is 0 Å². The molecule has 1 amide bonds. The van der Waals surface area contributed by atoms with Crippen LogP contribution < -0.4 is 5.32 Å². The highest BCUT2D eigenvalue weighted by atomic mass is 16.7. The number of hydrogen-bond acceptors (Lipinski definition) is 8. The predicted octanol–water partition coefficient (Wildman–Crippen LogP) is -0.191. The van der Waals surface area contributed by atoms with Gasteiger partial charge >= 0.3 is 0 Å². The van der Waals surface area contributed by atoms with Crippen molar-refractivity contribution in [2.45, 2.75) is 108 Å². The first-order chi connectivity index (χ1) is 13.8. The molecule has 1 aliphatic rings. The molecule has 6 N–H and O–H groups in total. The average molecular weight is 422 g/mol. The lowest BCUT2D eigenvalue weighted by Gasteiger charge is -2.40. The van der Waals surface area contributed by atoms with Crippen LogP contribution in [0.5, 0.6) is 0 Å². The Morgan fingerprint density at radius 2 is 1.69 bits per heavy atom. The lowest BCUT2D eigenvalue weighted by molar-refractivity contribution is -0.302. The quantitative estimate of drug-likeness (QED) is 0.211. The van der Waals surface area contributed by atoms with Gasteiger partial charge in [0.2, 0.25) is 5.91 Å². The number of unbranched alkanes of at least 4 members (excludes halogenated alkanes) is 5. The fraction of sp³-hybridized carbons (Fsp3) is 0.950. The Balaban J connectivity index is 2.57. The molecule has 0 aromatic carbocycles. The lowest BCUT2D eigenvalue weighted by atomic mass is 9.99. The highest BCUT2D eigenvalue weighted by Gasteiger charge is 2.44. The minimum atomic E-state index is -1.54. The van der Waals surface area contributed by atoms with Crippen molar-refractivity contribution in [3.63, 3.8) is 0 Å². The molecule has 0 saturated carbocycles. The molecular formula is C20H39NO8.